The first-order valence-electron chi connectivity index (χ1n) is 6.84. The molecule has 1 unspecified atom stereocenters. The zero-order valence-corrected chi connectivity index (χ0v) is 13.4. The lowest BCUT2D eigenvalue weighted by atomic mass is 10.3. The summed E-state index contributed by atoms with van der Waals surface area (Å²) in [7, 11) is 1.80. The Hall–Kier alpha value is -1.63. The van der Waals surface area contributed by atoms with E-state index in [0.717, 1.165) is 23.4 Å². The molecule has 0 aromatic carbocycles. The lowest BCUT2D eigenvalue weighted by Gasteiger charge is -2.21. The molecule has 0 saturated carbocycles. The summed E-state index contributed by atoms with van der Waals surface area (Å²) in [5, 5.41) is 4.47. The average molecular weight is 295 g/mol. The molecule has 2 aromatic heterocycles. The van der Waals surface area contributed by atoms with E-state index in [1.807, 2.05) is 36.9 Å². The van der Waals surface area contributed by atoms with Gasteiger partial charge in [0.2, 0.25) is 5.91 Å². The van der Waals surface area contributed by atoms with Gasteiger partial charge in [-0.15, -0.1) is 0 Å². The molecule has 2 heterocycles. The number of carbonyl (C=O) groups excluding carboxylic acids is 1. The molecule has 0 aliphatic carbocycles. The normalized spacial score (nSPS) is 12.8. The fourth-order valence-electron chi connectivity index (χ4n) is 2.39. The number of fused-ring (bicyclic) bond motifs is 1. The maximum absolute atomic E-state index is 12.4. The first kappa shape index (κ1) is 14.8. The van der Waals surface area contributed by atoms with Gasteiger partial charge in [-0.3, -0.25) is 9.36 Å². The summed E-state index contributed by atoms with van der Waals surface area (Å²) in [4.78, 5) is 17.3. The largest absolute Gasteiger partial charge is 0.344 e. The van der Waals surface area contributed by atoms with Crippen molar-refractivity contribution in [3.05, 3.63) is 10.5 Å². The first-order chi connectivity index (χ1) is 9.42. The van der Waals surface area contributed by atoms with Crippen molar-refractivity contribution in [2.24, 2.45) is 0 Å². The van der Waals surface area contributed by atoms with Crippen LogP contribution in [-0.2, 0) is 11.3 Å². The van der Waals surface area contributed by atoms with Gasteiger partial charge in [0.05, 0.1) is 5.69 Å². The highest BCUT2D eigenvalue weighted by Crippen LogP contribution is 2.22. The van der Waals surface area contributed by atoms with Crippen molar-refractivity contribution in [3.63, 3.8) is 0 Å². The van der Waals surface area contributed by atoms with E-state index in [4.69, 9.17) is 12.2 Å². The fourth-order valence-corrected chi connectivity index (χ4v) is 2.74. The lowest BCUT2D eigenvalue weighted by molar-refractivity contribution is -0.132. The van der Waals surface area contributed by atoms with Gasteiger partial charge in [-0.2, -0.15) is 5.10 Å². The molecule has 0 fully saturated rings. The standard InChI is InChI=1S/C13H21N5OS/c1-6-16(5)12(19)9(4)18-11-10(14-13(18)20)8(3)15-17(11)7-2/h9H,6-7H2,1-5H3,(H,14,20). The molecule has 20 heavy (non-hydrogen) atoms. The van der Waals surface area contributed by atoms with E-state index in [9.17, 15) is 4.79 Å². The highest BCUT2D eigenvalue weighted by atomic mass is 32.1. The third kappa shape index (κ3) is 2.15. The number of aromatic amines is 1. The summed E-state index contributed by atoms with van der Waals surface area (Å²) in [5.41, 5.74) is 2.70. The Morgan fingerprint density at radius 1 is 1.50 bits per heavy atom. The van der Waals surface area contributed by atoms with E-state index in [0.29, 0.717) is 11.3 Å². The van der Waals surface area contributed by atoms with Gasteiger partial charge in [-0.1, -0.05) is 0 Å². The number of carbonyl (C=O) groups is 1. The molecule has 7 heteroatoms. The van der Waals surface area contributed by atoms with Gasteiger partial charge in [0.25, 0.3) is 0 Å². The van der Waals surface area contributed by atoms with Crippen molar-refractivity contribution < 1.29 is 4.79 Å². The van der Waals surface area contributed by atoms with Crippen LogP contribution in [0, 0.1) is 11.7 Å². The number of aryl methyl sites for hydroxylation is 2. The van der Waals surface area contributed by atoms with Crippen LogP contribution in [0.15, 0.2) is 0 Å². The molecule has 110 valence electrons. The second-order valence-electron chi connectivity index (χ2n) is 4.93. The topological polar surface area (TPSA) is 58.9 Å². The number of imidazole rings is 1. The Kier molecular flexibility index (Phi) is 3.99. The molecule has 0 saturated heterocycles. The summed E-state index contributed by atoms with van der Waals surface area (Å²) >= 11 is 5.39. The van der Waals surface area contributed by atoms with E-state index < -0.39 is 0 Å². The number of amides is 1. The van der Waals surface area contributed by atoms with Crippen molar-refractivity contribution in [2.45, 2.75) is 40.3 Å². The van der Waals surface area contributed by atoms with Crippen LogP contribution < -0.4 is 0 Å². The first-order valence-corrected chi connectivity index (χ1v) is 7.25. The molecule has 0 radical (unpaired) electrons. The second kappa shape index (κ2) is 5.40. The van der Waals surface area contributed by atoms with Gasteiger partial charge in [0, 0.05) is 20.1 Å². The van der Waals surface area contributed by atoms with Crippen LogP contribution in [0.2, 0.25) is 0 Å². The Morgan fingerprint density at radius 2 is 2.15 bits per heavy atom. The molecule has 2 rings (SSSR count). The molecule has 1 N–H and O–H groups in total. The minimum absolute atomic E-state index is 0.0472. The number of nitrogens with one attached hydrogen (secondary N) is 1. The van der Waals surface area contributed by atoms with Gasteiger partial charge in [0.1, 0.15) is 11.6 Å². The predicted octanol–water partition coefficient (Wildman–Crippen LogP) is 2.26. The van der Waals surface area contributed by atoms with Crippen LogP contribution in [0.1, 0.15) is 32.5 Å². The molecule has 0 spiro atoms. The van der Waals surface area contributed by atoms with Crippen LogP contribution >= 0.6 is 12.2 Å². The lowest BCUT2D eigenvalue weighted by Crippen LogP contribution is -2.33. The summed E-state index contributed by atoms with van der Waals surface area (Å²) in [6.07, 6.45) is 0. The maximum atomic E-state index is 12.4. The minimum atomic E-state index is -0.345. The summed E-state index contributed by atoms with van der Waals surface area (Å²) in [6, 6.07) is -0.345. The zero-order valence-electron chi connectivity index (χ0n) is 12.6. The van der Waals surface area contributed by atoms with Crippen molar-refractivity contribution in [3.8, 4) is 0 Å². The molecule has 1 amide bonds. The number of rotatable bonds is 4. The van der Waals surface area contributed by atoms with E-state index in [-0.39, 0.29) is 11.9 Å². The zero-order chi connectivity index (χ0) is 15.0. The molecular formula is C13H21N5OS. The van der Waals surface area contributed by atoms with E-state index in [1.165, 1.54) is 0 Å². The fraction of sp³-hybridized carbons (Fsp3) is 0.615. The number of H-pyrrole nitrogens is 1. The highest BCUT2D eigenvalue weighted by Gasteiger charge is 2.24. The van der Waals surface area contributed by atoms with Gasteiger partial charge in [-0.25, -0.2) is 4.68 Å². The quantitative estimate of drug-likeness (QED) is 0.880. The summed E-state index contributed by atoms with van der Waals surface area (Å²) in [5.74, 6) is 0.0472. The van der Waals surface area contributed by atoms with Crippen LogP contribution in [0.25, 0.3) is 11.2 Å². The SMILES string of the molecule is CCN(C)C(=O)C(C)n1c(=S)[nH]c2c(C)nn(CC)c21. The average Bonchev–Trinajstić information content (AvgIpc) is 2.93. The Morgan fingerprint density at radius 3 is 2.70 bits per heavy atom. The number of hydrogen-bond acceptors (Lipinski definition) is 3. The van der Waals surface area contributed by atoms with Crippen molar-refractivity contribution >= 4 is 29.3 Å². The predicted molar refractivity (Wildman–Crippen MR) is 81.3 cm³/mol. The van der Waals surface area contributed by atoms with Crippen molar-refractivity contribution in [1.29, 1.82) is 0 Å². The molecule has 6 nitrogen and oxygen atoms in total. The van der Waals surface area contributed by atoms with Crippen LogP contribution in [0.3, 0.4) is 0 Å². The molecule has 1 atom stereocenters. The molecule has 0 aliphatic rings. The smallest absolute Gasteiger partial charge is 0.245 e. The van der Waals surface area contributed by atoms with Crippen LogP contribution in [0.4, 0.5) is 0 Å². The molecule has 0 aliphatic heterocycles. The maximum Gasteiger partial charge on any atom is 0.245 e. The van der Waals surface area contributed by atoms with Crippen LogP contribution in [0.5, 0.6) is 0 Å². The summed E-state index contributed by atoms with van der Waals surface area (Å²) in [6.45, 7) is 9.21. The monoisotopic (exact) mass is 295 g/mol. The Bertz CT molecular complexity index is 695. The van der Waals surface area contributed by atoms with Crippen molar-refractivity contribution in [2.75, 3.05) is 13.6 Å². The third-order valence-corrected chi connectivity index (χ3v) is 3.97. The number of nitrogens with zero attached hydrogens (tertiary/aromatic N) is 4. The van der Waals surface area contributed by atoms with Gasteiger partial charge in [0.15, 0.2) is 10.4 Å². The van der Waals surface area contributed by atoms with Crippen molar-refractivity contribution in [1.82, 2.24) is 24.2 Å². The van der Waals surface area contributed by atoms with E-state index >= 15 is 0 Å². The Balaban J connectivity index is 2.62. The second-order valence-corrected chi connectivity index (χ2v) is 5.32. The molecular weight excluding hydrogens is 274 g/mol. The van der Waals surface area contributed by atoms with Gasteiger partial charge in [-0.05, 0) is 39.9 Å². The summed E-state index contributed by atoms with van der Waals surface area (Å²) < 4.78 is 4.31. The van der Waals surface area contributed by atoms with E-state index in [2.05, 4.69) is 10.1 Å². The number of aromatic nitrogens is 4. The number of hydrogen-bond donors (Lipinski definition) is 1. The Labute approximate surface area is 123 Å². The molecule has 2 aromatic rings. The molecule has 0 bridgehead atoms. The van der Waals surface area contributed by atoms with Crippen LogP contribution in [-0.4, -0.2) is 43.7 Å². The third-order valence-electron chi connectivity index (χ3n) is 3.67. The number of likely N-dealkylation sites (N-methyl/N-ethyl adjacent to an activating group) is 1. The minimum Gasteiger partial charge on any atom is -0.344 e. The van der Waals surface area contributed by atoms with E-state index in [1.54, 1.807) is 11.9 Å². The van der Waals surface area contributed by atoms with Gasteiger partial charge < -0.3 is 9.88 Å². The van der Waals surface area contributed by atoms with Gasteiger partial charge >= 0.3 is 0 Å². The highest BCUT2D eigenvalue weighted by molar-refractivity contribution is 7.71.